The van der Waals surface area contributed by atoms with Crippen molar-refractivity contribution in [2.75, 3.05) is 33.4 Å². The van der Waals surface area contributed by atoms with Crippen LogP contribution in [0.1, 0.15) is 23.2 Å². The number of ether oxygens (including phenoxy) is 3. The smallest absolute Gasteiger partial charge is 0.257 e. The molecule has 0 aliphatic carbocycles. The molecule has 3 rings (SSSR count). The van der Waals surface area contributed by atoms with Gasteiger partial charge in [-0.2, -0.15) is 0 Å². The van der Waals surface area contributed by atoms with Gasteiger partial charge in [0.2, 0.25) is 0 Å². The fraction of sp³-hybridized carbons (Fsp3) is 0.533. The van der Waals surface area contributed by atoms with Gasteiger partial charge in [-0.25, -0.2) is 0 Å². The molecule has 0 radical (unpaired) electrons. The van der Waals surface area contributed by atoms with Gasteiger partial charge in [-0.15, -0.1) is 0 Å². The Morgan fingerprint density at radius 1 is 1.29 bits per heavy atom. The molecule has 2 saturated heterocycles. The Bertz CT molecular complexity index is 532. The number of piperidine rings is 1. The zero-order valence-corrected chi connectivity index (χ0v) is 13.5. The topological polar surface area (TPSA) is 48.0 Å². The summed E-state index contributed by atoms with van der Waals surface area (Å²) in [6.07, 6.45) is 1.44. The van der Waals surface area contributed by atoms with Crippen molar-refractivity contribution in [2.24, 2.45) is 0 Å². The summed E-state index contributed by atoms with van der Waals surface area (Å²) in [5.41, 5.74) is 0.588. The lowest BCUT2D eigenvalue weighted by Gasteiger charge is -2.37. The van der Waals surface area contributed by atoms with Crippen LogP contribution in [0, 0.1) is 0 Å². The lowest BCUT2D eigenvalue weighted by molar-refractivity contribution is -0.181. The monoisotopic (exact) mass is 355 g/mol. The summed E-state index contributed by atoms with van der Waals surface area (Å²) >= 11 is 3.38. The van der Waals surface area contributed by atoms with E-state index < -0.39 is 5.79 Å². The average molecular weight is 356 g/mol. The molecule has 21 heavy (non-hydrogen) atoms. The van der Waals surface area contributed by atoms with Gasteiger partial charge in [0.1, 0.15) is 5.75 Å². The predicted octanol–water partition coefficient (Wildman–Crippen LogP) is 2.44. The molecule has 0 N–H and O–H groups in total. The van der Waals surface area contributed by atoms with Crippen molar-refractivity contribution in [2.45, 2.75) is 18.6 Å². The minimum atomic E-state index is -0.458. The molecule has 1 amide bonds. The van der Waals surface area contributed by atoms with Crippen LogP contribution in [0.2, 0.25) is 0 Å². The molecule has 0 saturated carbocycles. The molecule has 2 aliphatic rings. The Morgan fingerprint density at radius 2 is 1.95 bits per heavy atom. The SMILES string of the molecule is COc1cc(Br)ccc1C(=O)N1CCC2(CC1)OCCO2. The van der Waals surface area contributed by atoms with Crippen molar-refractivity contribution >= 4 is 21.8 Å². The zero-order chi connectivity index (χ0) is 14.9. The molecule has 1 aromatic rings. The van der Waals surface area contributed by atoms with Crippen molar-refractivity contribution in [1.82, 2.24) is 4.90 Å². The minimum Gasteiger partial charge on any atom is -0.496 e. The third-order valence-electron chi connectivity index (χ3n) is 4.02. The second-order valence-electron chi connectivity index (χ2n) is 5.24. The fourth-order valence-electron chi connectivity index (χ4n) is 2.85. The number of hydrogen-bond acceptors (Lipinski definition) is 4. The van der Waals surface area contributed by atoms with Crippen LogP contribution in [0.5, 0.6) is 5.75 Å². The average Bonchev–Trinajstić information content (AvgIpc) is 2.95. The van der Waals surface area contributed by atoms with Crippen LogP contribution in [-0.2, 0) is 9.47 Å². The first-order chi connectivity index (χ1) is 10.1. The van der Waals surface area contributed by atoms with Crippen LogP contribution in [-0.4, -0.2) is 50.0 Å². The van der Waals surface area contributed by atoms with Gasteiger partial charge in [0.25, 0.3) is 5.91 Å². The lowest BCUT2D eigenvalue weighted by Crippen LogP contribution is -2.47. The number of hydrogen-bond donors (Lipinski definition) is 0. The molecular weight excluding hydrogens is 338 g/mol. The van der Waals surface area contributed by atoms with Gasteiger partial charge in [0.15, 0.2) is 5.79 Å². The number of benzene rings is 1. The molecule has 1 spiro atoms. The van der Waals surface area contributed by atoms with Crippen molar-refractivity contribution < 1.29 is 19.0 Å². The van der Waals surface area contributed by atoms with E-state index in [2.05, 4.69) is 15.9 Å². The molecule has 2 fully saturated rings. The maximum absolute atomic E-state index is 12.6. The summed E-state index contributed by atoms with van der Waals surface area (Å²) in [4.78, 5) is 14.5. The maximum Gasteiger partial charge on any atom is 0.257 e. The van der Waals surface area contributed by atoms with E-state index >= 15 is 0 Å². The van der Waals surface area contributed by atoms with Gasteiger partial charge in [-0.3, -0.25) is 4.79 Å². The molecule has 5 nitrogen and oxygen atoms in total. The number of nitrogens with zero attached hydrogens (tertiary/aromatic N) is 1. The van der Waals surface area contributed by atoms with Gasteiger partial charge in [0, 0.05) is 30.4 Å². The Hall–Kier alpha value is -1.11. The summed E-state index contributed by atoms with van der Waals surface area (Å²) in [5, 5.41) is 0. The summed E-state index contributed by atoms with van der Waals surface area (Å²) < 4.78 is 17.6. The largest absolute Gasteiger partial charge is 0.496 e. The van der Waals surface area contributed by atoms with Gasteiger partial charge in [-0.1, -0.05) is 15.9 Å². The summed E-state index contributed by atoms with van der Waals surface area (Å²) in [6.45, 7) is 2.57. The van der Waals surface area contributed by atoms with E-state index in [4.69, 9.17) is 14.2 Å². The van der Waals surface area contributed by atoms with Gasteiger partial charge < -0.3 is 19.1 Å². The second-order valence-corrected chi connectivity index (χ2v) is 6.16. The Kier molecular flexibility index (Phi) is 4.19. The third kappa shape index (κ3) is 2.93. The van der Waals surface area contributed by atoms with Crippen molar-refractivity contribution in [3.63, 3.8) is 0 Å². The highest BCUT2D eigenvalue weighted by Gasteiger charge is 2.41. The number of amides is 1. The molecule has 2 heterocycles. The van der Waals surface area contributed by atoms with Gasteiger partial charge in [-0.05, 0) is 18.2 Å². The molecule has 0 unspecified atom stereocenters. The molecule has 0 aromatic heterocycles. The quantitative estimate of drug-likeness (QED) is 0.817. The molecular formula is C15H18BrNO4. The summed E-state index contributed by atoms with van der Waals surface area (Å²) in [5.74, 6) is 0.121. The van der Waals surface area contributed by atoms with Crippen LogP contribution in [0.25, 0.3) is 0 Å². The Morgan fingerprint density at radius 3 is 2.57 bits per heavy atom. The van der Waals surface area contributed by atoms with Crippen LogP contribution in [0.4, 0.5) is 0 Å². The molecule has 0 bridgehead atoms. The first kappa shape index (κ1) is 14.8. The normalized spacial score (nSPS) is 20.8. The van der Waals surface area contributed by atoms with E-state index in [0.717, 1.165) is 17.3 Å². The molecule has 114 valence electrons. The molecule has 1 aromatic carbocycles. The minimum absolute atomic E-state index is 0.00723. The fourth-order valence-corrected chi connectivity index (χ4v) is 3.19. The van der Waals surface area contributed by atoms with E-state index in [1.165, 1.54) is 0 Å². The zero-order valence-electron chi connectivity index (χ0n) is 11.9. The lowest BCUT2D eigenvalue weighted by atomic mass is 10.0. The number of rotatable bonds is 2. The Balaban J connectivity index is 1.72. The highest BCUT2D eigenvalue weighted by molar-refractivity contribution is 9.10. The molecule has 6 heteroatoms. The number of halogens is 1. The van der Waals surface area contributed by atoms with Crippen LogP contribution >= 0.6 is 15.9 Å². The standard InChI is InChI=1S/C15H18BrNO4/c1-19-13-10-11(16)2-3-12(13)14(18)17-6-4-15(5-7-17)20-8-9-21-15/h2-3,10H,4-9H2,1H3. The maximum atomic E-state index is 12.6. The van der Waals surface area contributed by atoms with Crippen molar-refractivity contribution in [3.05, 3.63) is 28.2 Å². The summed E-state index contributed by atoms with van der Waals surface area (Å²) in [7, 11) is 1.57. The first-order valence-electron chi connectivity index (χ1n) is 7.04. The number of carbonyl (C=O) groups is 1. The van der Waals surface area contributed by atoms with Gasteiger partial charge >= 0.3 is 0 Å². The number of likely N-dealkylation sites (tertiary alicyclic amines) is 1. The highest BCUT2D eigenvalue weighted by Crippen LogP contribution is 2.33. The summed E-state index contributed by atoms with van der Waals surface area (Å²) in [6, 6.07) is 5.45. The van der Waals surface area contributed by atoms with Crippen molar-refractivity contribution in [1.29, 1.82) is 0 Å². The number of methoxy groups -OCH3 is 1. The molecule has 2 aliphatic heterocycles. The van der Waals surface area contributed by atoms with Gasteiger partial charge in [0.05, 0.1) is 25.9 Å². The third-order valence-corrected chi connectivity index (χ3v) is 4.51. The van der Waals surface area contributed by atoms with E-state index in [-0.39, 0.29) is 5.91 Å². The van der Waals surface area contributed by atoms with E-state index in [9.17, 15) is 4.79 Å². The van der Waals surface area contributed by atoms with Crippen molar-refractivity contribution in [3.8, 4) is 5.75 Å². The predicted molar refractivity (Wildman–Crippen MR) is 80.5 cm³/mol. The Labute approximate surface area is 132 Å². The highest BCUT2D eigenvalue weighted by atomic mass is 79.9. The molecule has 0 atom stereocenters. The van der Waals surface area contributed by atoms with E-state index in [1.807, 2.05) is 17.0 Å². The second kappa shape index (κ2) is 5.94. The van der Waals surface area contributed by atoms with Crippen LogP contribution in [0.15, 0.2) is 22.7 Å². The van der Waals surface area contributed by atoms with E-state index in [0.29, 0.717) is 37.6 Å². The van der Waals surface area contributed by atoms with Crippen LogP contribution < -0.4 is 4.74 Å². The number of carbonyl (C=O) groups excluding carboxylic acids is 1. The van der Waals surface area contributed by atoms with E-state index in [1.54, 1.807) is 13.2 Å². The van der Waals surface area contributed by atoms with Crippen LogP contribution in [0.3, 0.4) is 0 Å². The first-order valence-corrected chi connectivity index (χ1v) is 7.84.